The minimum atomic E-state index is -1.03. The molecule has 0 aliphatic rings. The van der Waals surface area contributed by atoms with E-state index >= 15 is 0 Å². The van der Waals surface area contributed by atoms with E-state index in [-0.39, 0.29) is 0 Å². The second-order valence-corrected chi connectivity index (χ2v) is 6.53. The van der Waals surface area contributed by atoms with E-state index in [0.29, 0.717) is 27.9 Å². The van der Waals surface area contributed by atoms with Gasteiger partial charge in [0.1, 0.15) is 11.5 Å². The Kier molecular flexibility index (Phi) is 5.52. The first kappa shape index (κ1) is 18.6. The number of benzene rings is 2. The average molecular weight is 386 g/mol. The van der Waals surface area contributed by atoms with Gasteiger partial charge < -0.3 is 24.1 Å². The lowest BCUT2D eigenvalue weighted by atomic mass is 10.2. The topological polar surface area (TPSA) is 74.2 Å². The molecule has 1 heterocycles. The van der Waals surface area contributed by atoms with Crippen LogP contribution in [0.3, 0.4) is 0 Å². The smallest absolute Gasteiger partial charge is 0.328 e. The van der Waals surface area contributed by atoms with Crippen molar-refractivity contribution in [1.82, 2.24) is 0 Å². The molecule has 0 saturated heterocycles. The van der Waals surface area contributed by atoms with Gasteiger partial charge in [-0.3, -0.25) is 0 Å². The van der Waals surface area contributed by atoms with Gasteiger partial charge in [-0.1, -0.05) is 0 Å². The summed E-state index contributed by atoms with van der Waals surface area (Å²) in [5.41, 5.74) is 0. The second kappa shape index (κ2) is 8.01. The first-order valence-corrected chi connectivity index (χ1v) is 8.78. The molecule has 140 valence electrons. The van der Waals surface area contributed by atoms with Gasteiger partial charge in [-0.2, -0.15) is 0 Å². The van der Waals surface area contributed by atoms with Gasteiger partial charge in [0.25, 0.3) is 0 Å². The van der Waals surface area contributed by atoms with Gasteiger partial charge in [0, 0.05) is 22.2 Å². The van der Waals surface area contributed by atoms with E-state index < -0.39 is 5.97 Å². The molecule has 2 aromatic carbocycles. The molecule has 0 saturated carbocycles. The van der Waals surface area contributed by atoms with Crippen LogP contribution in [0.5, 0.6) is 28.7 Å². The van der Waals surface area contributed by atoms with Gasteiger partial charge in [0.2, 0.25) is 0 Å². The van der Waals surface area contributed by atoms with Crippen LogP contribution in [0.4, 0.5) is 0 Å². The minimum absolute atomic E-state index is 0.554. The van der Waals surface area contributed by atoms with E-state index in [0.717, 1.165) is 21.9 Å². The third-order valence-corrected chi connectivity index (χ3v) is 4.93. The van der Waals surface area contributed by atoms with Crippen molar-refractivity contribution in [2.45, 2.75) is 0 Å². The van der Waals surface area contributed by atoms with E-state index in [1.807, 2.05) is 12.1 Å². The molecule has 0 aliphatic carbocycles. The molecular formula is C20H18O6S. The van der Waals surface area contributed by atoms with Crippen molar-refractivity contribution >= 4 is 33.5 Å². The maximum Gasteiger partial charge on any atom is 0.328 e. The van der Waals surface area contributed by atoms with Crippen molar-refractivity contribution in [2.24, 2.45) is 0 Å². The number of rotatable bonds is 7. The number of carboxylic acids is 1. The summed E-state index contributed by atoms with van der Waals surface area (Å²) in [5.74, 6) is 2.01. The van der Waals surface area contributed by atoms with Crippen LogP contribution in [0.2, 0.25) is 0 Å². The fraction of sp³-hybridized carbons (Fsp3) is 0.150. The molecule has 0 amide bonds. The van der Waals surface area contributed by atoms with E-state index in [9.17, 15) is 4.79 Å². The van der Waals surface area contributed by atoms with Crippen molar-refractivity contribution in [3.8, 4) is 28.7 Å². The molecule has 0 unspecified atom stereocenters. The summed E-state index contributed by atoms with van der Waals surface area (Å²) in [6.45, 7) is 0. The highest BCUT2D eigenvalue weighted by atomic mass is 32.1. The first-order valence-electron chi connectivity index (χ1n) is 7.97. The summed E-state index contributed by atoms with van der Waals surface area (Å²) >= 11 is 1.41. The zero-order chi connectivity index (χ0) is 19.4. The van der Waals surface area contributed by atoms with Crippen molar-refractivity contribution in [1.29, 1.82) is 0 Å². The Balaban J connectivity index is 2.12. The monoisotopic (exact) mass is 386 g/mol. The lowest BCUT2D eigenvalue weighted by molar-refractivity contribution is -0.131. The van der Waals surface area contributed by atoms with Crippen molar-refractivity contribution < 1.29 is 28.8 Å². The Morgan fingerprint density at radius 3 is 2.19 bits per heavy atom. The molecule has 6 nitrogen and oxygen atoms in total. The number of hydrogen-bond donors (Lipinski definition) is 1. The Morgan fingerprint density at radius 2 is 1.59 bits per heavy atom. The lowest BCUT2D eigenvalue weighted by Crippen LogP contribution is -1.90. The van der Waals surface area contributed by atoms with Gasteiger partial charge in [-0.15, -0.1) is 11.3 Å². The number of ether oxygens (including phenoxy) is 4. The van der Waals surface area contributed by atoms with Gasteiger partial charge in [0.05, 0.1) is 26.2 Å². The number of hydrogen-bond acceptors (Lipinski definition) is 6. The minimum Gasteiger partial charge on any atom is -0.497 e. The maximum absolute atomic E-state index is 11.0. The Bertz CT molecular complexity index is 988. The molecular weight excluding hydrogens is 368 g/mol. The maximum atomic E-state index is 11.0. The third-order valence-electron chi connectivity index (χ3n) is 3.83. The molecule has 0 fully saturated rings. The number of aliphatic carboxylic acids is 1. The lowest BCUT2D eigenvalue weighted by Gasteiger charge is -2.09. The van der Waals surface area contributed by atoms with Crippen LogP contribution in [-0.2, 0) is 4.79 Å². The van der Waals surface area contributed by atoms with Crippen LogP contribution in [0.1, 0.15) is 4.88 Å². The number of carbonyl (C=O) groups is 1. The highest BCUT2D eigenvalue weighted by molar-refractivity contribution is 7.20. The Morgan fingerprint density at radius 1 is 0.963 bits per heavy atom. The number of thiophene rings is 1. The molecule has 1 aromatic heterocycles. The molecule has 3 rings (SSSR count). The van der Waals surface area contributed by atoms with Crippen LogP contribution in [0, 0.1) is 0 Å². The van der Waals surface area contributed by atoms with Crippen LogP contribution in [-0.4, -0.2) is 32.4 Å². The normalized spacial score (nSPS) is 10.9. The predicted octanol–water partition coefficient (Wildman–Crippen LogP) is 4.82. The summed E-state index contributed by atoms with van der Waals surface area (Å²) < 4.78 is 22.9. The van der Waals surface area contributed by atoms with Crippen LogP contribution in [0.25, 0.3) is 16.2 Å². The predicted molar refractivity (Wildman–Crippen MR) is 105 cm³/mol. The van der Waals surface area contributed by atoms with Gasteiger partial charge in [0.15, 0.2) is 17.2 Å². The molecule has 0 spiro atoms. The van der Waals surface area contributed by atoms with E-state index in [1.54, 1.807) is 45.6 Å². The fourth-order valence-electron chi connectivity index (χ4n) is 2.54. The third kappa shape index (κ3) is 3.98. The van der Waals surface area contributed by atoms with Gasteiger partial charge >= 0.3 is 5.97 Å². The molecule has 27 heavy (non-hydrogen) atoms. The van der Waals surface area contributed by atoms with Crippen molar-refractivity contribution in [2.75, 3.05) is 21.3 Å². The zero-order valence-electron chi connectivity index (χ0n) is 15.0. The summed E-state index contributed by atoms with van der Waals surface area (Å²) in [7, 11) is 4.72. The average Bonchev–Trinajstić information content (AvgIpc) is 3.02. The van der Waals surface area contributed by atoms with E-state index in [4.69, 9.17) is 24.1 Å². The number of fused-ring (bicyclic) bond motifs is 1. The van der Waals surface area contributed by atoms with Crippen molar-refractivity contribution in [3.05, 3.63) is 47.4 Å². The van der Waals surface area contributed by atoms with Crippen LogP contribution >= 0.6 is 11.3 Å². The Hall–Kier alpha value is -3.19. The van der Waals surface area contributed by atoms with Crippen LogP contribution in [0.15, 0.2) is 42.5 Å². The van der Waals surface area contributed by atoms with Crippen molar-refractivity contribution in [3.63, 3.8) is 0 Å². The van der Waals surface area contributed by atoms with E-state index in [1.165, 1.54) is 17.4 Å². The quantitative estimate of drug-likeness (QED) is 0.587. The zero-order valence-corrected chi connectivity index (χ0v) is 15.8. The Labute approximate surface area is 160 Å². The summed E-state index contributed by atoms with van der Waals surface area (Å²) in [6.07, 6.45) is 2.60. The molecule has 0 aliphatic heterocycles. The second-order valence-electron chi connectivity index (χ2n) is 5.45. The highest BCUT2D eigenvalue weighted by Gasteiger charge is 2.17. The molecule has 1 N–H and O–H groups in total. The first-order chi connectivity index (χ1) is 13.0. The fourth-order valence-corrected chi connectivity index (χ4v) is 3.59. The summed E-state index contributed by atoms with van der Waals surface area (Å²) in [5, 5.41) is 9.78. The number of methoxy groups -OCH3 is 3. The standard InChI is InChI=1S/C20H18O6S/c1-23-12-4-6-13(7-5-12)26-20-14-10-15(24-2)16(25-3)11-18(14)27-17(20)8-9-19(21)22/h4-11H,1-3H3,(H,21,22). The molecule has 0 bridgehead atoms. The summed E-state index contributed by atoms with van der Waals surface area (Å²) in [6, 6.07) is 10.8. The van der Waals surface area contributed by atoms with Crippen LogP contribution < -0.4 is 18.9 Å². The number of carboxylic acid groups (broad SMARTS) is 1. The largest absolute Gasteiger partial charge is 0.497 e. The van der Waals surface area contributed by atoms with E-state index in [2.05, 4.69) is 0 Å². The molecule has 0 radical (unpaired) electrons. The molecule has 7 heteroatoms. The summed E-state index contributed by atoms with van der Waals surface area (Å²) in [4.78, 5) is 11.6. The van der Waals surface area contributed by atoms with Gasteiger partial charge in [-0.25, -0.2) is 4.79 Å². The highest BCUT2D eigenvalue weighted by Crippen LogP contribution is 2.45. The SMILES string of the molecule is COc1ccc(Oc2c(C=CC(=O)O)sc3cc(OC)c(OC)cc23)cc1. The molecule has 3 aromatic rings. The molecule has 0 atom stereocenters. The van der Waals surface area contributed by atoms with Gasteiger partial charge in [-0.05, 0) is 36.4 Å².